The lowest BCUT2D eigenvalue weighted by Gasteiger charge is -2.05. The number of aryl methyl sites for hydroxylation is 2. The Hall–Kier alpha value is -2.30. The van der Waals surface area contributed by atoms with Crippen LogP contribution in [0.25, 0.3) is 0 Å². The fourth-order valence-electron chi connectivity index (χ4n) is 1.75. The van der Waals surface area contributed by atoms with Crippen molar-refractivity contribution >= 4 is 17.3 Å². The normalized spacial score (nSPS) is 10.3. The summed E-state index contributed by atoms with van der Waals surface area (Å²) in [4.78, 5) is 12.0. The van der Waals surface area contributed by atoms with Gasteiger partial charge in [-0.15, -0.1) is 0 Å². The Morgan fingerprint density at radius 3 is 2.83 bits per heavy atom. The Morgan fingerprint density at radius 2 is 2.22 bits per heavy atom. The lowest BCUT2D eigenvalue weighted by Crippen LogP contribution is -2.12. The summed E-state index contributed by atoms with van der Waals surface area (Å²) < 4.78 is 1.75. The Balaban J connectivity index is 2.16. The number of hydrogen-bond donors (Lipinski definition) is 2. The predicted octanol–water partition coefficient (Wildman–Crippen LogP) is 2.05. The molecule has 0 aliphatic carbocycles. The zero-order valence-corrected chi connectivity index (χ0v) is 10.5. The lowest BCUT2D eigenvalue weighted by molar-refractivity contribution is 0.102. The first-order valence-electron chi connectivity index (χ1n) is 5.79. The summed E-state index contributed by atoms with van der Waals surface area (Å²) >= 11 is 0. The third-order valence-corrected chi connectivity index (χ3v) is 2.58. The number of hydrogen-bond acceptors (Lipinski definition) is 3. The van der Waals surface area contributed by atoms with E-state index in [1.807, 2.05) is 19.9 Å². The Bertz CT molecular complexity index is 554. The van der Waals surface area contributed by atoms with Crippen LogP contribution in [-0.4, -0.2) is 15.7 Å². The topological polar surface area (TPSA) is 72.9 Å². The minimum absolute atomic E-state index is 0.180. The van der Waals surface area contributed by atoms with Crippen molar-refractivity contribution in [3.63, 3.8) is 0 Å². The van der Waals surface area contributed by atoms with Crippen LogP contribution in [-0.2, 0) is 6.54 Å². The van der Waals surface area contributed by atoms with Crippen molar-refractivity contribution in [2.45, 2.75) is 20.4 Å². The molecule has 1 heterocycles. The highest BCUT2D eigenvalue weighted by Gasteiger charge is 2.08. The highest BCUT2D eigenvalue weighted by molar-refractivity contribution is 6.04. The zero-order valence-electron chi connectivity index (χ0n) is 10.5. The molecule has 0 fully saturated rings. The maximum atomic E-state index is 12.0. The fraction of sp³-hybridized carbons (Fsp3) is 0.231. The van der Waals surface area contributed by atoms with Gasteiger partial charge >= 0.3 is 0 Å². The summed E-state index contributed by atoms with van der Waals surface area (Å²) in [5, 5.41) is 6.88. The van der Waals surface area contributed by atoms with Crippen molar-refractivity contribution in [2.75, 3.05) is 11.1 Å². The van der Waals surface area contributed by atoms with Crippen molar-refractivity contribution in [3.05, 3.63) is 41.7 Å². The maximum Gasteiger partial charge on any atom is 0.255 e. The van der Waals surface area contributed by atoms with Gasteiger partial charge in [0.2, 0.25) is 0 Å². The van der Waals surface area contributed by atoms with Gasteiger partial charge in [-0.3, -0.25) is 9.48 Å². The molecule has 18 heavy (non-hydrogen) atoms. The molecular weight excluding hydrogens is 228 g/mol. The number of nitrogens with zero attached hydrogens (tertiary/aromatic N) is 2. The van der Waals surface area contributed by atoms with Gasteiger partial charge in [-0.1, -0.05) is 0 Å². The van der Waals surface area contributed by atoms with E-state index in [1.54, 1.807) is 29.2 Å². The van der Waals surface area contributed by atoms with Crippen LogP contribution in [0.2, 0.25) is 0 Å². The van der Waals surface area contributed by atoms with Crippen LogP contribution in [0, 0.1) is 6.92 Å². The van der Waals surface area contributed by atoms with Crippen molar-refractivity contribution < 1.29 is 4.79 Å². The standard InChI is InChI=1S/C13H16N4O/c1-3-17-8-12(7-15-17)16-13(18)10-4-9(2)5-11(14)6-10/h4-8H,3,14H2,1-2H3,(H,16,18). The molecular formula is C13H16N4O. The fourth-order valence-corrected chi connectivity index (χ4v) is 1.75. The second-order valence-electron chi connectivity index (χ2n) is 4.17. The molecule has 0 saturated carbocycles. The largest absolute Gasteiger partial charge is 0.399 e. The molecule has 0 unspecified atom stereocenters. The summed E-state index contributed by atoms with van der Waals surface area (Å²) in [5.74, 6) is -0.180. The van der Waals surface area contributed by atoms with Gasteiger partial charge in [-0.25, -0.2) is 0 Å². The van der Waals surface area contributed by atoms with E-state index < -0.39 is 0 Å². The summed E-state index contributed by atoms with van der Waals surface area (Å²) in [6.45, 7) is 4.66. The molecule has 2 aromatic rings. The van der Waals surface area contributed by atoms with Crippen LogP contribution >= 0.6 is 0 Å². The molecule has 94 valence electrons. The molecule has 0 saturated heterocycles. The van der Waals surface area contributed by atoms with E-state index in [-0.39, 0.29) is 5.91 Å². The molecule has 5 heteroatoms. The zero-order chi connectivity index (χ0) is 13.1. The monoisotopic (exact) mass is 244 g/mol. The van der Waals surface area contributed by atoms with Gasteiger partial charge < -0.3 is 11.1 Å². The minimum atomic E-state index is -0.180. The Kier molecular flexibility index (Phi) is 3.32. The molecule has 1 aromatic carbocycles. The van der Waals surface area contributed by atoms with Crippen LogP contribution in [0.3, 0.4) is 0 Å². The van der Waals surface area contributed by atoms with Crippen LogP contribution in [0.1, 0.15) is 22.8 Å². The molecule has 0 radical (unpaired) electrons. The van der Waals surface area contributed by atoms with Gasteiger partial charge in [0, 0.05) is 24.0 Å². The van der Waals surface area contributed by atoms with Crippen molar-refractivity contribution in [1.29, 1.82) is 0 Å². The van der Waals surface area contributed by atoms with E-state index in [4.69, 9.17) is 5.73 Å². The molecule has 2 rings (SSSR count). The molecule has 1 aromatic heterocycles. The second kappa shape index (κ2) is 4.91. The SMILES string of the molecule is CCn1cc(NC(=O)c2cc(C)cc(N)c2)cn1. The second-order valence-corrected chi connectivity index (χ2v) is 4.17. The quantitative estimate of drug-likeness (QED) is 0.811. The van der Waals surface area contributed by atoms with Crippen LogP contribution in [0.15, 0.2) is 30.6 Å². The number of nitrogen functional groups attached to an aromatic ring is 1. The average Bonchev–Trinajstić information content (AvgIpc) is 2.75. The molecule has 3 N–H and O–H groups in total. The third kappa shape index (κ3) is 2.68. The average molecular weight is 244 g/mol. The Morgan fingerprint density at radius 1 is 1.44 bits per heavy atom. The molecule has 0 atom stereocenters. The third-order valence-electron chi connectivity index (χ3n) is 2.58. The molecule has 0 spiro atoms. The molecule has 0 bridgehead atoms. The van der Waals surface area contributed by atoms with Crippen LogP contribution < -0.4 is 11.1 Å². The first kappa shape index (κ1) is 12.2. The van der Waals surface area contributed by atoms with Gasteiger partial charge in [0.25, 0.3) is 5.91 Å². The number of rotatable bonds is 3. The summed E-state index contributed by atoms with van der Waals surface area (Å²) in [5.41, 5.74) is 8.50. The van der Waals surface area contributed by atoms with Crippen molar-refractivity contribution in [2.24, 2.45) is 0 Å². The number of anilines is 2. The van der Waals surface area contributed by atoms with E-state index in [0.29, 0.717) is 16.9 Å². The van der Waals surface area contributed by atoms with E-state index in [9.17, 15) is 4.79 Å². The maximum absolute atomic E-state index is 12.0. The molecule has 5 nitrogen and oxygen atoms in total. The number of amides is 1. The number of nitrogens with two attached hydrogens (primary N) is 1. The number of carbonyl (C=O) groups excluding carboxylic acids is 1. The van der Waals surface area contributed by atoms with Gasteiger partial charge in [0.05, 0.1) is 11.9 Å². The molecule has 0 aliphatic heterocycles. The number of nitrogens with one attached hydrogen (secondary N) is 1. The lowest BCUT2D eigenvalue weighted by atomic mass is 10.1. The predicted molar refractivity (Wildman–Crippen MR) is 71.4 cm³/mol. The highest BCUT2D eigenvalue weighted by atomic mass is 16.1. The first-order chi connectivity index (χ1) is 8.58. The van der Waals surface area contributed by atoms with E-state index >= 15 is 0 Å². The number of aromatic nitrogens is 2. The van der Waals surface area contributed by atoms with Gasteiger partial charge in [-0.2, -0.15) is 5.10 Å². The van der Waals surface area contributed by atoms with Crippen molar-refractivity contribution in [3.8, 4) is 0 Å². The summed E-state index contributed by atoms with van der Waals surface area (Å²) in [6, 6.07) is 5.29. The molecule has 1 amide bonds. The summed E-state index contributed by atoms with van der Waals surface area (Å²) in [6.07, 6.45) is 3.41. The minimum Gasteiger partial charge on any atom is -0.399 e. The van der Waals surface area contributed by atoms with Crippen molar-refractivity contribution in [1.82, 2.24) is 9.78 Å². The highest BCUT2D eigenvalue weighted by Crippen LogP contribution is 2.13. The summed E-state index contributed by atoms with van der Waals surface area (Å²) in [7, 11) is 0. The smallest absolute Gasteiger partial charge is 0.255 e. The Labute approximate surface area is 106 Å². The van der Waals surface area contributed by atoms with E-state index in [0.717, 1.165) is 12.1 Å². The van der Waals surface area contributed by atoms with Crippen LogP contribution in [0.4, 0.5) is 11.4 Å². The number of benzene rings is 1. The van der Waals surface area contributed by atoms with Gasteiger partial charge in [0.15, 0.2) is 0 Å². The van der Waals surface area contributed by atoms with Crippen LogP contribution in [0.5, 0.6) is 0 Å². The van der Waals surface area contributed by atoms with Gasteiger partial charge in [0.1, 0.15) is 0 Å². The first-order valence-corrected chi connectivity index (χ1v) is 5.79. The molecule has 0 aliphatic rings. The van der Waals surface area contributed by atoms with E-state index in [1.165, 1.54) is 0 Å². The van der Waals surface area contributed by atoms with E-state index in [2.05, 4.69) is 10.4 Å². The van der Waals surface area contributed by atoms with Gasteiger partial charge in [-0.05, 0) is 37.6 Å². The number of carbonyl (C=O) groups is 1.